The van der Waals surface area contributed by atoms with Gasteiger partial charge in [0.25, 0.3) is 0 Å². The highest BCUT2D eigenvalue weighted by Gasteiger charge is 2.32. The largest absolute Gasteiger partial charge is 0.345 e. The van der Waals surface area contributed by atoms with Crippen molar-refractivity contribution in [1.29, 1.82) is 0 Å². The monoisotopic (exact) mass is 357 g/mol. The maximum absolute atomic E-state index is 12.5. The molecule has 136 valence electrons. The molecule has 3 aromatic rings. The number of para-hydroxylation sites is 1. The van der Waals surface area contributed by atoms with E-state index in [4.69, 9.17) is 0 Å². The highest BCUT2D eigenvalue weighted by molar-refractivity contribution is 5.92. The second-order valence-corrected chi connectivity index (χ2v) is 7.12. The lowest BCUT2D eigenvalue weighted by Gasteiger charge is -2.18. The minimum absolute atomic E-state index is 0.0695. The van der Waals surface area contributed by atoms with Gasteiger partial charge >= 0.3 is 0 Å². The lowest BCUT2D eigenvalue weighted by atomic mass is 10.0. The van der Waals surface area contributed by atoms with Gasteiger partial charge in [-0.3, -0.25) is 4.79 Å². The van der Waals surface area contributed by atoms with Gasteiger partial charge in [0.15, 0.2) is 0 Å². The highest BCUT2D eigenvalue weighted by atomic mass is 16.1. The Morgan fingerprint density at radius 1 is 1.15 bits per heavy atom. The Morgan fingerprint density at radius 2 is 1.89 bits per heavy atom. The summed E-state index contributed by atoms with van der Waals surface area (Å²) >= 11 is 0. The molecule has 0 bridgehead atoms. The Bertz CT molecular complexity index is 937. The molecule has 2 aromatic carbocycles. The van der Waals surface area contributed by atoms with E-state index in [1.165, 1.54) is 24.0 Å². The topological polar surface area (TPSA) is 46.9 Å². The van der Waals surface area contributed by atoms with Crippen molar-refractivity contribution in [3.8, 4) is 5.69 Å². The molecular formula is C23H23N3O. The second-order valence-electron chi connectivity index (χ2n) is 7.12. The first-order chi connectivity index (χ1) is 13.2. The third-order valence-electron chi connectivity index (χ3n) is 4.88. The summed E-state index contributed by atoms with van der Waals surface area (Å²) in [5, 5.41) is 7.52. The third kappa shape index (κ3) is 4.34. The molecule has 1 fully saturated rings. The van der Waals surface area contributed by atoms with Crippen LogP contribution in [0.15, 0.2) is 73.1 Å². The summed E-state index contributed by atoms with van der Waals surface area (Å²) in [7, 11) is 0. The third-order valence-corrected chi connectivity index (χ3v) is 4.88. The van der Waals surface area contributed by atoms with E-state index in [2.05, 4.69) is 41.6 Å². The SMILES string of the molecule is Cc1ccc([C@@H](NC(=O)/C=C/c2cnn(-c3ccccc3)c2)C2CC2)cc1. The van der Waals surface area contributed by atoms with Gasteiger partial charge in [0.05, 0.1) is 17.9 Å². The fraction of sp³-hybridized carbons (Fsp3) is 0.217. The molecule has 1 atom stereocenters. The maximum Gasteiger partial charge on any atom is 0.244 e. The molecule has 1 N–H and O–H groups in total. The number of carbonyl (C=O) groups is 1. The number of benzene rings is 2. The van der Waals surface area contributed by atoms with Gasteiger partial charge in [-0.15, -0.1) is 0 Å². The molecule has 27 heavy (non-hydrogen) atoms. The van der Waals surface area contributed by atoms with Crippen molar-refractivity contribution in [1.82, 2.24) is 15.1 Å². The van der Waals surface area contributed by atoms with Crippen molar-refractivity contribution >= 4 is 12.0 Å². The first-order valence-corrected chi connectivity index (χ1v) is 9.34. The van der Waals surface area contributed by atoms with E-state index in [-0.39, 0.29) is 11.9 Å². The Balaban J connectivity index is 1.42. The molecule has 4 heteroatoms. The second kappa shape index (κ2) is 7.62. The zero-order chi connectivity index (χ0) is 18.6. The van der Waals surface area contributed by atoms with Crippen molar-refractivity contribution in [3.05, 3.63) is 89.8 Å². The first-order valence-electron chi connectivity index (χ1n) is 9.34. The molecule has 0 saturated heterocycles. The first kappa shape index (κ1) is 17.3. The number of hydrogen-bond donors (Lipinski definition) is 1. The van der Waals surface area contributed by atoms with Crippen molar-refractivity contribution in [2.45, 2.75) is 25.8 Å². The number of amides is 1. The van der Waals surface area contributed by atoms with Gasteiger partial charge in [-0.05, 0) is 49.5 Å². The van der Waals surface area contributed by atoms with Crippen LogP contribution in [0.5, 0.6) is 0 Å². The van der Waals surface area contributed by atoms with Crippen molar-refractivity contribution in [3.63, 3.8) is 0 Å². The van der Waals surface area contributed by atoms with E-state index in [1.54, 1.807) is 23.0 Å². The van der Waals surface area contributed by atoms with Gasteiger partial charge in [0, 0.05) is 17.8 Å². The summed E-state index contributed by atoms with van der Waals surface area (Å²) in [6, 6.07) is 18.4. The predicted molar refractivity (Wildman–Crippen MR) is 107 cm³/mol. The number of hydrogen-bond acceptors (Lipinski definition) is 2. The molecule has 0 spiro atoms. The minimum atomic E-state index is -0.0695. The fourth-order valence-electron chi connectivity index (χ4n) is 3.19. The van der Waals surface area contributed by atoms with Crippen molar-refractivity contribution in [2.24, 2.45) is 5.92 Å². The van der Waals surface area contributed by atoms with Crippen LogP contribution in [0, 0.1) is 12.8 Å². The van der Waals surface area contributed by atoms with Gasteiger partial charge < -0.3 is 5.32 Å². The van der Waals surface area contributed by atoms with Gasteiger partial charge in [-0.25, -0.2) is 4.68 Å². The average Bonchev–Trinajstić information content (AvgIpc) is 3.43. The van der Waals surface area contributed by atoms with E-state index in [9.17, 15) is 4.79 Å². The Kier molecular flexibility index (Phi) is 4.88. The molecule has 4 nitrogen and oxygen atoms in total. The summed E-state index contributed by atoms with van der Waals surface area (Å²) in [4.78, 5) is 12.5. The quantitative estimate of drug-likeness (QED) is 0.662. The molecule has 1 aromatic heterocycles. The molecule has 0 aliphatic heterocycles. The van der Waals surface area contributed by atoms with Gasteiger partial charge in [0.1, 0.15) is 0 Å². The number of aromatic nitrogens is 2. The van der Waals surface area contributed by atoms with E-state index < -0.39 is 0 Å². The molecule has 1 saturated carbocycles. The molecule has 1 aliphatic carbocycles. The van der Waals surface area contributed by atoms with Crippen LogP contribution in [-0.4, -0.2) is 15.7 Å². The maximum atomic E-state index is 12.5. The van der Waals surface area contributed by atoms with E-state index in [1.807, 2.05) is 36.5 Å². The van der Waals surface area contributed by atoms with Crippen LogP contribution >= 0.6 is 0 Å². The summed E-state index contributed by atoms with van der Waals surface area (Å²) < 4.78 is 1.80. The zero-order valence-corrected chi connectivity index (χ0v) is 15.4. The predicted octanol–water partition coefficient (Wildman–Crippen LogP) is 4.46. The van der Waals surface area contributed by atoms with Crippen molar-refractivity contribution < 1.29 is 4.79 Å². The number of nitrogens with zero attached hydrogens (tertiary/aromatic N) is 2. The number of rotatable bonds is 6. The average molecular weight is 357 g/mol. The van der Waals surface area contributed by atoms with Gasteiger partial charge in [-0.1, -0.05) is 48.0 Å². The molecule has 1 amide bonds. The Morgan fingerprint density at radius 3 is 2.59 bits per heavy atom. The van der Waals surface area contributed by atoms with E-state index in [0.717, 1.165) is 11.3 Å². The van der Waals surface area contributed by atoms with Crippen LogP contribution in [0.4, 0.5) is 0 Å². The smallest absolute Gasteiger partial charge is 0.244 e. The van der Waals surface area contributed by atoms with Crippen LogP contribution < -0.4 is 5.32 Å². The molecule has 1 aliphatic rings. The molecular weight excluding hydrogens is 334 g/mol. The standard InChI is InChI=1S/C23H23N3O/c1-17-7-10-19(11-8-17)23(20-12-13-20)25-22(27)14-9-18-15-24-26(16-18)21-5-3-2-4-6-21/h2-11,14-16,20,23H,12-13H2,1H3,(H,25,27)/b14-9+/t23-/m1/s1. The van der Waals surface area contributed by atoms with Crippen molar-refractivity contribution in [2.75, 3.05) is 0 Å². The normalized spacial score (nSPS) is 15.0. The summed E-state index contributed by atoms with van der Waals surface area (Å²) in [5.41, 5.74) is 4.30. The lowest BCUT2D eigenvalue weighted by molar-refractivity contribution is -0.117. The zero-order valence-electron chi connectivity index (χ0n) is 15.4. The Labute approximate surface area is 159 Å². The summed E-state index contributed by atoms with van der Waals surface area (Å²) in [6.45, 7) is 2.08. The molecule has 4 rings (SSSR count). The van der Waals surface area contributed by atoms with Crippen LogP contribution in [0.1, 0.15) is 35.6 Å². The minimum Gasteiger partial charge on any atom is -0.345 e. The fourth-order valence-corrected chi connectivity index (χ4v) is 3.19. The number of carbonyl (C=O) groups excluding carboxylic acids is 1. The lowest BCUT2D eigenvalue weighted by Crippen LogP contribution is -2.28. The van der Waals surface area contributed by atoms with Gasteiger partial charge in [0.2, 0.25) is 5.91 Å². The summed E-state index contributed by atoms with van der Waals surface area (Å²) in [5.74, 6) is 0.478. The van der Waals surface area contributed by atoms with Crippen LogP contribution in [0.2, 0.25) is 0 Å². The van der Waals surface area contributed by atoms with Gasteiger partial charge in [-0.2, -0.15) is 5.10 Å². The Hall–Kier alpha value is -3.14. The highest BCUT2D eigenvalue weighted by Crippen LogP contribution is 2.41. The van der Waals surface area contributed by atoms with Crippen LogP contribution in [0.25, 0.3) is 11.8 Å². The van der Waals surface area contributed by atoms with E-state index >= 15 is 0 Å². The van der Waals surface area contributed by atoms with E-state index in [0.29, 0.717) is 5.92 Å². The molecule has 1 heterocycles. The number of aryl methyl sites for hydroxylation is 1. The molecule has 0 unspecified atom stereocenters. The molecule has 0 radical (unpaired) electrons. The number of nitrogens with one attached hydrogen (secondary N) is 1. The summed E-state index contributed by atoms with van der Waals surface area (Å²) in [6.07, 6.45) is 9.42. The van der Waals surface area contributed by atoms with Crippen LogP contribution in [0.3, 0.4) is 0 Å². The van der Waals surface area contributed by atoms with Crippen LogP contribution in [-0.2, 0) is 4.79 Å².